The van der Waals surface area contributed by atoms with Crippen LogP contribution in [-0.4, -0.2) is 55.1 Å². The molecule has 4 heteroatoms. The molecule has 2 aliphatic rings. The summed E-state index contributed by atoms with van der Waals surface area (Å²) >= 11 is 0. The third kappa shape index (κ3) is 6.03. The van der Waals surface area contributed by atoms with E-state index in [0.29, 0.717) is 0 Å². The topological polar surface area (TPSA) is 35.6 Å². The second-order valence-electron chi connectivity index (χ2n) is 7.19. The molecule has 0 bridgehead atoms. The van der Waals surface area contributed by atoms with E-state index in [1.54, 1.807) is 0 Å². The van der Waals surface area contributed by atoms with E-state index in [1.165, 1.54) is 36.8 Å². The Morgan fingerprint density at radius 1 is 1.08 bits per heavy atom. The van der Waals surface area contributed by atoms with E-state index in [2.05, 4.69) is 52.7 Å². The summed E-state index contributed by atoms with van der Waals surface area (Å²) in [6.45, 7) is 5.22. The molecule has 1 aromatic carbocycles. The van der Waals surface area contributed by atoms with E-state index in [0.717, 1.165) is 45.7 Å². The Labute approximate surface area is 157 Å². The minimum absolute atomic E-state index is 0.0980. The molecule has 0 atom stereocenters. The van der Waals surface area contributed by atoms with Crippen molar-refractivity contribution in [2.24, 2.45) is 0 Å². The van der Waals surface area contributed by atoms with Gasteiger partial charge in [-0.3, -0.25) is 4.90 Å². The highest BCUT2D eigenvalue weighted by Crippen LogP contribution is 2.19. The molecule has 2 amide bonds. The van der Waals surface area contributed by atoms with Gasteiger partial charge < -0.3 is 10.2 Å². The number of carbonyl (C=O) groups is 1. The maximum absolute atomic E-state index is 12.3. The molecule has 1 aliphatic carbocycles. The number of piperazine rings is 1. The molecule has 1 aromatic rings. The average Bonchev–Trinajstić information content (AvgIpc) is 2.70. The molecule has 0 unspecified atom stereocenters. The van der Waals surface area contributed by atoms with Gasteiger partial charge in [-0.15, -0.1) is 0 Å². The lowest BCUT2D eigenvalue weighted by atomic mass is 9.97. The van der Waals surface area contributed by atoms with Crippen LogP contribution in [0.2, 0.25) is 0 Å². The van der Waals surface area contributed by atoms with E-state index >= 15 is 0 Å². The van der Waals surface area contributed by atoms with Crippen LogP contribution in [0.3, 0.4) is 0 Å². The van der Waals surface area contributed by atoms with Gasteiger partial charge in [0, 0.05) is 39.3 Å². The molecule has 1 aliphatic heterocycles. The van der Waals surface area contributed by atoms with Gasteiger partial charge in [-0.05, 0) is 37.7 Å². The van der Waals surface area contributed by atoms with Gasteiger partial charge in [0.05, 0.1) is 0 Å². The molecule has 26 heavy (non-hydrogen) atoms. The number of hydrogen-bond donors (Lipinski definition) is 1. The van der Waals surface area contributed by atoms with Gasteiger partial charge in [0.1, 0.15) is 0 Å². The van der Waals surface area contributed by atoms with Crippen molar-refractivity contribution >= 4 is 12.1 Å². The van der Waals surface area contributed by atoms with Crippen LogP contribution >= 0.6 is 0 Å². The van der Waals surface area contributed by atoms with Gasteiger partial charge in [0.25, 0.3) is 0 Å². The number of nitrogens with one attached hydrogen (secondary N) is 1. The van der Waals surface area contributed by atoms with Crippen molar-refractivity contribution in [3.8, 4) is 0 Å². The highest BCUT2D eigenvalue weighted by Gasteiger charge is 2.20. The Balaban J connectivity index is 1.32. The summed E-state index contributed by atoms with van der Waals surface area (Å²) in [6, 6.07) is 10.5. The van der Waals surface area contributed by atoms with Crippen LogP contribution in [0, 0.1) is 0 Å². The fourth-order valence-corrected chi connectivity index (χ4v) is 3.61. The largest absolute Gasteiger partial charge is 0.338 e. The van der Waals surface area contributed by atoms with Crippen molar-refractivity contribution < 1.29 is 4.79 Å². The average molecular weight is 354 g/mol. The molecule has 0 spiro atoms. The highest BCUT2D eigenvalue weighted by atomic mass is 16.2. The first-order chi connectivity index (χ1) is 12.8. The summed E-state index contributed by atoms with van der Waals surface area (Å²) in [7, 11) is 0. The maximum Gasteiger partial charge on any atom is 0.317 e. The predicted octanol–water partition coefficient (Wildman–Crippen LogP) is 3.92. The molecule has 0 saturated carbocycles. The van der Waals surface area contributed by atoms with Crippen LogP contribution in [-0.2, 0) is 0 Å². The Kier molecular flexibility index (Phi) is 7.32. The predicted molar refractivity (Wildman–Crippen MR) is 108 cm³/mol. The fourth-order valence-electron chi connectivity index (χ4n) is 3.61. The van der Waals surface area contributed by atoms with Crippen molar-refractivity contribution in [2.75, 3.05) is 39.3 Å². The van der Waals surface area contributed by atoms with Crippen molar-refractivity contribution in [3.05, 3.63) is 53.6 Å². The number of nitrogens with zero attached hydrogens (tertiary/aromatic N) is 2. The van der Waals surface area contributed by atoms with Crippen LogP contribution in [0.15, 0.2) is 48.1 Å². The van der Waals surface area contributed by atoms with Crippen LogP contribution < -0.4 is 5.32 Å². The molecule has 1 N–H and O–H groups in total. The van der Waals surface area contributed by atoms with E-state index in [9.17, 15) is 4.79 Å². The zero-order valence-electron chi connectivity index (χ0n) is 15.7. The van der Waals surface area contributed by atoms with Gasteiger partial charge in [0.2, 0.25) is 0 Å². The first-order valence-corrected chi connectivity index (χ1v) is 9.96. The van der Waals surface area contributed by atoms with Crippen molar-refractivity contribution in [1.29, 1.82) is 0 Å². The molecule has 3 rings (SSSR count). The number of amides is 2. The van der Waals surface area contributed by atoms with E-state index in [1.807, 2.05) is 11.0 Å². The van der Waals surface area contributed by atoms with E-state index in [4.69, 9.17) is 0 Å². The zero-order valence-corrected chi connectivity index (χ0v) is 15.7. The molecule has 4 nitrogen and oxygen atoms in total. The van der Waals surface area contributed by atoms with Crippen LogP contribution in [0.1, 0.15) is 37.7 Å². The van der Waals surface area contributed by atoms with Gasteiger partial charge >= 0.3 is 6.03 Å². The summed E-state index contributed by atoms with van der Waals surface area (Å²) in [5.41, 5.74) is 2.75. The van der Waals surface area contributed by atoms with Crippen molar-refractivity contribution in [1.82, 2.24) is 15.1 Å². The quantitative estimate of drug-likeness (QED) is 0.787. The maximum atomic E-state index is 12.3. The van der Waals surface area contributed by atoms with Gasteiger partial charge in [0.15, 0.2) is 0 Å². The monoisotopic (exact) mass is 353 g/mol. The molecule has 140 valence electrons. The third-order valence-electron chi connectivity index (χ3n) is 5.24. The lowest BCUT2D eigenvalue weighted by Crippen LogP contribution is -2.51. The fraction of sp³-hybridized carbons (Fsp3) is 0.500. The Morgan fingerprint density at radius 3 is 2.62 bits per heavy atom. The van der Waals surface area contributed by atoms with Crippen molar-refractivity contribution in [3.63, 3.8) is 0 Å². The molecular weight excluding hydrogens is 322 g/mol. The molecule has 0 aromatic heterocycles. The number of allylic oxidation sites excluding steroid dienone is 1. The van der Waals surface area contributed by atoms with Gasteiger partial charge in [-0.25, -0.2) is 4.79 Å². The third-order valence-corrected chi connectivity index (χ3v) is 5.24. The number of hydrogen-bond acceptors (Lipinski definition) is 2. The molecule has 0 radical (unpaired) electrons. The Bertz CT molecular complexity index is 616. The molecule has 1 heterocycles. The number of rotatable bonds is 6. The molecular formula is C22H31N3O. The molecule has 1 saturated heterocycles. The zero-order chi connectivity index (χ0) is 18.0. The summed E-state index contributed by atoms with van der Waals surface area (Å²) < 4.78 is 0. The number of benzene rings is 1. The Morgan fingerprint density at radius 2 is 1.88 bits per heavy atom. The van der Waals surface area contributed by atoms with E-state index < -0.39 is 0 Å². The SMILES string of the molecule is O=C(NCCC1=CCCCC1)N1CCN(C/C=C/c2ccccc2)CC1. The number of carbonyl (C=O) groups excluding carboxylic acids is 1. The first-order valence-electron chi connectivity index (χ1n) is 9.96. The molecule has 1 fully saturated rings. The normalized spacial score (nSPS) is 18.8. The summed E-state index contributed by atoms with van der Waals surface area (Å²) in [5, 5.41) is 3.09. The lowest BCUT2D eigenvalue weighted by molar-refractivity contribution is 0.147. The minimum atomic E-state index is 0.0980. The van der Waals surface area contributed by atoms with Gasteiger partial charge in [-0.2, -0.15) is 0 Å². The van der Waals surface area contributed by atoms with Crippen LogP contribution in [0.4, 0.5) is 4.79 Å². The van der Waals surface area contributed by atoms with Crippen LogP contribution in [0.25, 0.3) is 6.08 Å². The summed E-state index contributed by atoms with van der Waals surface area (Å²) in [5.74, 6) is 0. The second kappa shape index (κ2) is 10.2. The lowest BCUT2D eigenvalue weighted by Gasteiger charge is -2.34. The first kappa shape index (κ1) is 18.7. The summed E-state index contributed by atoms with van der Waals surface area (Å²) in [6.07, 6.45) is 12.8. The minimum Gasteiger partial charge on any atom is -0.338 e. The smallest absolute Gasteiger partial charge is 0.317 e. The summed E-state index contributed by atoms with van der Waals surface area (Å²) in [4.78, 5) is 16.7. The van der Waals surface area contributed by atoms with E-state index in [-0.39, 0.29) is 6.03 Å². The Hall–Kier alpha value is -2.07. The van der Waals surface area contributed by atoms with Crippen molar-refractivity contribution in [2.45, 2.75) is 32.1 Å². The highest BCUT2D eigenvalue weighted by molar-refractivity contribution is 5.74. The van der Waals surface area contributed by atoms with Crippen LogP contribution in [0.5, 0.6) is 0 Å². The second-order valence-corrected chi connectivity index (χ2v) is 7.19. The number of urea groups is 1. The standard InChI is InChI=1S/C22H31N3O/c26-22(23-14-13-21-10-5-2-6-11-21)25-18-16-24(17-19-25)15-7-12-20-8-3-1-4-9-20/h1,3-4,7-10,12H,2,5-6,11,13-19H2,(H,23,26)/b12-7+. The van der Waals surface area contributed by atoms with Gasteiger partial charge in [-0.1, -0.05) is 54.1 Å².